The van der Waals surface area contributed by atoms with Crippen molar-refractivity contribution in [3.8, 4) is 0 Å². The van der Waals surface area contributed by atoms with Gasteiger partial charge < -0.3 is 9.47 Å². The highest BCUT2D eigenvalue weighted by molar-refractivity contribution is 5.74. The van der Waals surface area contributed by atoms with Crippen LogP contribution in [0.2, 0.25) is 0 Å². The highest BCUT2D eigenvalue weighted by atomic mass is 16.2. The second-order valence-corrected chi connectivity index (χ2v) is 6.38. The zero-order chi connectivity index (χ0) is 16.7. The van der Waals surface area contributed by atoms with Crippen LogP contribution in [0.15, 0.2) is 22.2 Å². The number of rotatable bonds is 3. The molecule has 0 N–H and O–H groups in total. The number of allylic oxidation sites excluding steroid dienone is 1. The summed E-state index contributed by atoms with van der Waals surface area (Å²) < 4.78 is 4.45. The summed E-state index contributed by atoms with van der Waals surface area (Å²) in [6.45, 7) is 8.33. The average Bonchev–Trinajstić information content (AvgIpc) is 2.91. The lowest BCUT2D eigenvalue weighted by Gasteiger charge is -2.31. The Kier molecular flexibility index (Phi) is 3.87. The largest absolute Gasteiger partial charge is 0.342 e. The Labute approximate surface area is 134 Å². The molecule has 0 spiro atoms. The summed E-state index contributed by atoms with van der Waals surface area (Å²) in [6, 6.07) is 0. The lowest BCUT2D eigenvalue weighted by atomic mass is 10.0. The number of aromatic nitrogens is 4. The maximum Gasteiger partial charge on any atom is 0.332 e. The predicted molar refractivity (Wildman–Crippen MR) is 91.0 cm³/mol. The van der Waals surface area contributed by atoms with Gasteiger partial charge in [-0.25, -0.2) is 4.79 Å². The molecule has 2 aromatic heterocycles. The summed E-state index contributed by atoms with van der Waals surface area (Å²) in [6.07, 6.45) is 4.07. The fourth-order valence-corrected chi connectivity index (χ4v) is 3.35. The smallest absolute Gasteiger partial charge is 0.332 e. The van der Waals surface area contributed by atoms with Crippen LogP contribution < -0.4 is 16.1 Å². The standard InChI is InChI=1S/C16H23N5O2/c1-5-8-21-12-13(18(3)16(23)19(4)14(12)22)17-15(21)20-9-6-7-11(2)10-20/h5,11H,1,6-10H2,2-4H3. The summed E-state index contributed by atoms with van der Waals surface area (Å²) in [5.41, 5.74) is 0.231. The second-order valence-electron chi connectivity index (χ2n) is 6.38. The molecule has 1 unspecified atom stereocenters. The zero-order valence-corrected chi connectivity index (χ0v) is 13.9. The third-order valence-corrected chi connectivity index (χ3v) is 4.58. The van der Waals surface area contributed by atoms with E-state index in [0.29, 0.717) is 23.6 Å². The van der Waals surface area contributed by atoms with E-state index in [1.165, 1.54) is 18.0 Å². The minimum atomic E-state index is -0.357. The summed E-state index contributed by atoms with van der Waals surface area (Å²) in [7, 11) is 3.15. The Morgan fingerprint density at radius 3 is 2.70 bits per heavy atom. The molecule has 0 amide bonds. The lowest BCUT2D eigenvalue weighted by Crippen LogP contribution is -2.38. The van der Waals surface area contributed by atoms with Gasteiger partial charge in [0.2, 0.25) is 5.95 Å². The molecule has 0 aliphatic carbocycles. The fourth-order valence-electron chi connectivity index (χ4n) is 3.35. The number of nitrogens with zero attached hydrogens (tertiary/aromatic N) is 5. The second kappa shape index (κ2) is 5.72. The number of fused-ring (bicyclic) bond motifs is 1. The third kappa shape index (κ3) is 2.40. The van der Waals surface area contributed by atoms with Crippen LogP contribution in [0, 0.1) is 5.92 Å². The molecule has 3 heterocycles. The van der Waals surface area contributed by atoms with Crippen LogP contribution in [0.4, 0.5) is 5.95 Å². The van der Waals surface area contributed by atoms with Gasteiger partial charge in [-0.05, 0) is 18.8 Å². The lowest BCUT2D eigenvalue weighted by molar-refractivity contribution is 0.439. The highest BCUT2D eigenvalue weighted by Gasteiger charge is 2.25. The van der Waals surface area contributed by atoms with Crippen molar-refractivity contribution in [2.45, 2.75) is 26.3 Å². The number of piperidine rings is 1. The van der Waals surface area contributed by atoms with Gasteiger partial charge in [-0.1, -0.05) is 13.0 Å². The Morgan fingerprint density at radius 2 is 2.04 bits per heavy atom. The molecule has 0 aromatic carbocycles. The summed E-state index contributed by atoms with van der Waals surface area (Å²) >= 11 is 0. The van der Waals surface area contributed by atoms with E-state index in [1.54, 1.807) is 13.1 Å². The van der Waals surface area contributed by atoms with Crippen molar-refractivity contribution in [1.82, 2.24) is 18.7 Å². The SMILES string of the molecule is C=CCn1c(N2CCCC(C)C2)nc2c1c(=O)n(C)c(=O)n2C. The molecule has 7 nitrogen and oxygen atoms in total. The van der Waals surface area contributed by atoms with Crippen LogP contribution in [0.1, 0.15) is 19.8 Å². The van der Waals surface area contributed by atoms with Crippen molar-refractivity contribution >= 4 is 17.1 Å². The van der Waals surface area contributed by atoms with Crippen molar-refractivity contribution in [3.63, 3.8) is 0 Å². The molecule has 0 saturated carbocycles. The normalized spacial score (nSPS) is 18.6. The molecule has 0 bridgehead atoms. The van der Waals surface area contributed by atoms with Gasteiger partial charge >= 0.3 is 5.69 Å². The van der Waals surface area contributed by atoms with Crippen molar-refractivity contribution in [2.24, 2.45) is 20.0 Å². The first-order valence-corrected chi connectivity index (χ1v) is 7.97. The monoisotopic (exact) mass is 317 g/mol. The third-order valence-electron chi connectivity index (χ3n) is 4.58. The molecule has 1 aliphatic heterocycles. The minimum absolute atomic E-state index is 0.311. The van der Waals surface area contributed by atoms with E-state index >= 15 is 0 Å². The molecule has 1 atom stereocenters. The van der Waals surface area contributed by atoms with E-state index in [2.05, 4.69) is 23.4 Å². The Morgan fingerprint density at radius 1 is 1.30 bits per heavy atom. The van der Waals surface area contributed by atoms with Gasteiger partial charge in [0.15, 0.2) is 11.2 Å². The molecule has 0 radical (unpaired) electrons. The van der Waals surface area contributed by atoms with Gasteiger partial charge in [-0.2, -0.15) is 4.98 Å². The molecule has 23 heavy (non-hydrogen) atoms. The van der Waals surface area contributed by atoms with Crippen molar-refractivity contribution in [2.75, 3.05) is 18.0 Å². The summed E-state index contributed by atoms with van der Waals surface area (Å²) in [5, 5.41) is 0. The van der Waals surface area contributed by atoms with Crippen LogP contribution in [-0.2, 0) is 20.6 Å². The zero-order valence-electron chi connectivity index (χ0n) is 13.9. The van der Waals surface area contributed by atoms with Crippen LogP contribution in [-0.4, -0.2) is 31.8 Å². The molecule has 1 saturated heterocycles. The Bertz CT molecular complexity index is 873. The van der Waals surface area contributed by atoms with Gasteiger partial charge in [-0.3, -0.25) is 13.9 Å². The fraction of sp³-hybridized carbons (Fsp3) is 0.562. The van der Waals surface area contributed by atoms with Gasteiger partial charge in [0.25, 0.3) is 5.56 Å². The molecule has 7 heteroatoms. The number of aryl methyl sites for hydroxylation is 1. The van der Waals surface area contributed by atoms with Crippen LogP contribution >= 0.6 is 0 Å². The maximum atomic E-state index is 12.6. The average molecular weight is 317 g/mol. The predicted octanol–water partition coefficient (Wildman–Crippen LogP) is 0.856. The van der Waals surface area contributed by atoms with Crippen molar-refractivity contribution in [1.29, 1.82) is 0 Å². The van der Waals surface area contributed by atoms with Gasteiger partial charge in [0.1, 0.15) is 0 Å². The van der Waals surface area contributed by atoms with Crippen LogP contribution in [0.5, 0.6) is 0 Å². The number of imidazole rings is 1. The van der Waals surface area contributed by atoms with E-state index < -0.39 is 0 Å². The topological polar surface area (TPSA) is 65.1 Å². The molecular weight excluding hydrogens is 294 g/mol. The Hall–Kier alpha value is -2.31. The van der Waals surface area contributed by atoms with Gasteiger partial charge in [0.05, 0.1) is 0 Å². The van der Waals surface area contributed by atoms with Crippen molar-refractivity contribution in [3.05, 3.63) is 33.5 Å². The van der Waals surface area contributed by atoms with E-state index in [-0.39, 0.29) is 11.2 Å². The van der Waals surface area contributed by atoms with E-state index in [0.717, 1.165) is 30.0 Å². The molecule has 2 aromatic rings. The van der Waals surface area contributed by atoms with Gasteiger partial charge in [0, 0.05) is 33.7 Å². The molecule has 3 rings (SSSR count). The first-order chi connectivity index (χ1) is 11.0. The van der Waals surface area contributed by atoms with E-state index in [4.69, 9.17) is 0 Å². The Balaban J connectivity index is 2.30. The first-order valence-electron chi connectivity index (χ1n) is 7.97. The number of hydrogen-bond acceptors (Lipinski definition) is 4. The summed E-state index contributed by atoms with van der Waals surface area (Å²) in [5.74, 6) is 1.34. The molecule has 1 fully saturated rings. The van der Waals surface area contributed by atoms with E-state index in [9.17, 15) is 9.59 Å². The maximum absolute atomic E-state index is 12.6. The highest BCUT2D eigenvalue weighted by Crippen LogP contribution is 2.25. The summed E-state index contributed by atoms with van der Waals surface area (Å²) in [4.78, 5) is 31.6. The first kappa shape index (κ1) is 15.6. The van der Waals surface area contributed by atoms with E-state index in [1.807, 2.05) is 4.57 Å². The van der Waals surface area contributed by atoms with Crippen molar-refractivity contribution < 1.29 is 0 Å². The number of anilines is 1. The van der Waals surface area contributed by atoms with Gasteiger partial charge in [-0.15, -0.1) is 6.58 Å². The van der Waals surface area contributed by atoms with Crippen LogP contribution in [0.25, 0.3) is 11.2 Å². The molecule has 124 valence electrons. The van der Waals surface area contributed by atoms with Crippen LogP contribution in [0.3, 0.4) is 0 Å². The number of hydrogen-bond donors (Lipinski definition) is 0. The minimum Gasteiger partial charge on any atom is -0.342 e. The quantitative estimate of drug-likeness (QED) is 0.788. The molecular formula is C16H23N5O2. The molecule has 1 aliphatic rings.